The monoisotopic (exact) mass is 478 g/mol. The van der Waals surface area contributed by atoms with Crippen LogP contribution >= 0.6 is 0 Å². The Labute approximate surface area is 207 Å². The van der Waals surface area contributed by atoms with Crippen LogP contribution in [-0.2, 0) is 10.3 Å². The number of rotatable bonds is 2. The van der Waals surface area contributed by atoms with Crippen molar-refractivity contribution in [1.82, 2.24) is 14.5 Å². The number of carbonyl (C=O) groups is 1. The highest BCUT2D eigenvalue weighted by Gasteiger charge is 2.44. The van der Waals surface area contributed by atoms with Gasteiger partial charge in [0.2, 0.25) is 0 Å². The van der Waals surface area contributed by atoms with E-state index in [1.165, 1.54) is 6.07 Å². The minimum Gasteiger partial charge on any atom is -0.377 e. The van der Waals surface area contributed by atoms with E-state index in [0.29, 0.717) is 30.8 Å². The number of imidazole rings is 1. The summed E-state index contributed by atoms with van der Waals surface area (Å²) in [6.45, 7) is 0.635. The van der Waals surface area contributed by atoms with Gasteiger partial charge in [0.25, 0.3) is 5.91 Å². The van der Waals surface area contributed by atoms with Crippen LogP contribution in [0.15, 0.2) is 54.6 Å². The van der Waals surface area contributed by atoms with Crippen LogP contribution in [0.5, 0.6) is 0 Å². The van der Waals surface area contributed by atoms with E-state index in [9.17, 15) is 4.79 Å². The molecule has 178 valence electrons. The quantitative estimate of drug-likeness (QED) is 0.440. The summed E-state index contributed by atoms with van der Waals surface area (Å²) in [5.74, 6) is 3.24. The van der Waals surface area contributed by atoms with Gasteiger partial charge in [-0.1, -0.05) is 30.2 Å². The van der Waals surface area contributed by atoms with Crippen molar-refractivity contribution < 1.29 is 13.9 Å². The maximum absolute atomic E-state index is 15.1. The van der Waals surface area contributed by atoms with Crippen molar-refractivity contribution in [3.05, 3.63) is 88.5 Å². The van der Waals surface area contributed by atoms with E-state index >= 15 is 4.39 Å². The third-order valence-corrected chi connectivity index (χ3v) is 7.94. The lowest BCUT2D eigenvalue weighted by Gasteiger charge is -2.38. The Kier molecular flexibility index (Phi) is 4.30. The second-order valence-electron chi connectivity index (χ2n) is 9.98. The van der Waals surface area contributed by atoms with Crippen molar-refractivity contribution in [1.29, 1.82) is 0 Å². The molecule has 1 saturated heterocycles. The standard InChI is InChI=1S/C29H23FN4O2/c1-3-16-5-4-6-19-26(16)24-13-25(33(2)28(19)35)27-32-22-10-8-18(12-23(22)34(24)27)17-7-9-20(21(30)11-17)29(31)14-36-15-29/h1,4-12,24-25H,13-15,31H2,2H3. The van der Waals surface area contributed by atoms with Gasteiger partial charge < -0.3 is 19.9 Å². The summed E-state index contributed by atoms with van der Waals surface area (Å²) in [5.41, 5.74) is 11.6. The number of halogens is 1. The molecule has 7 heteroatoms. The van der Waals surface area contributed by atoms with Crippen LogP contribution in [0.3, 0.4) is 0 Å². The fraction of sp³-hybridized carbons (Fsp3) is 0.241. The normalized spacial score (nSPS) is 21.5. The topological polar surface area (TPSA) is 73.4 Å². The molecule has 1 fully saturated rings. The first-order chi connectivity index (χ1) is 17.4. The number of fused-ring (bicyclic) bond motifs is 9. The van der Waals surface area contributed by atoms with E-state index in [1.807, 2.05) is 49.5 Å². The van der Waals surface area contributed by atoms with Gasteiger partial charge >= 0.3 is 0 Å². The van der Waals surface area contributed by atoms with Gasteiger partial charge in [-0.15, -0.1) is 6.42 Å². The first-order valence-corrected chi connectivity index (χ1v) is 12.0. The van der Waals surface area contributed by atoms with Gasteiger partial charge in [0, 0.05) is 35.7 Å². The number of nitrogens with two attached hydrogens (primary N) is 1. The molecule has 2 bridgehead atoms. The molecule has 0 saturated carbocycles. The zero-order valence-electron chi connectivity index (χ0n) is 19.7. The zero-order chi connectivity index (χ0) is 24.8. The Balaban J connectivity index is 1.39. The molecule has 3 aliphatic heterocycles. The summed E-state index contributed by atoms with van der Waals surface area (Å²) in [4.78, 5) is 20.0. The van der Waals surface area contributed by atoms with Gasteiger partial charge in [0.15, 0.2) is 0 Å². The van der Waals surface area contributed by atoms with Gasteiger partial charge in [-0.25, -0.2) is 9.37 Å². The molecule has 1 amide bonds. The lowest BCUT2D eigenvalue weighted by Crippen LogP contribution is -2.54. The molecule has 4 heterocycles. The fourth-order valence-corrected chi connectivity index (χ4v) is 6.00. The van der Waals surface area contributed by atoms with Crippen molar-refractivity contribution in [2.24, 2.45) is 5.73 Å². The van der Waals surface area contributed by atoms with Crippen LogP contribution in [0, 0.1) is 18.2 Å². The lowest BCUT2D eigenvalue weighted by molar-refractivity contribution is -0.0584. The number of amides is 1. The maximum Gasteiger partial charge on any atom is 0.254 e. The van der Waals surface area contributed by atoms with Crippen molar-refractivity contribution >= 4 is 16.9 Å². The number of aromatic nitrogens is 2. The fourth-order valence-electron chi connectivity index (χ4n) is 6.00. The Morgan fingerprint density at radius 2 is 1.92 bits per heavy atom. The van der Waals surface area contributed by atoms with Crippen molar-refractivity contribution in [2.75, 3.05) is 20.3 Å². The van der Waals surface area contributed by atoms with E-state index in [2.05, 4.69) is 10.5 Å². The predicted octanol–water partition coefficient (Wildman–Crippen LogP) is 4.13. The number of nitrogens with zero attached hydrogens (tertiary/aromatic N) is 3. The largest absolute Gasteiger partial charge is 0.377 e. The number of terminal acetylenes is 1. The lowest BCUT2D eigenvalue weighted by atomic mass is 9.87. The predicted molar refractivity (Wildman–Crippen MR) is 134 cm³/mol. The minimum atomic E-state index is -0.763. The molecule has 3 aromatic carbocycles. The molecule has 2 N–H and O–H groups in total. The van der Waals surface area contributed by atoms with Crippen LogP contribution in [0.1, 0.15) is 51.4 Å². The number of carbonyl (C=O) groups excluding carboxylic acids is 1. The van der Waals surface area contributed by atoms with Gasteiger partial charge in [-0.2, -0.15) is 0 Å². The molecular weight excluding hydrogens is 455 g/mol. The van der Waals surface area contributed by atoms with Crippen LogP contribution in [-0.4, -0.2) is 40.6 Å². The molecule has 0 spiro atoms. The van der Waals surface area contributed by atoms with Gasteiger partial charge in [0.05, 0.1) is 41.9 Å². The third kappa shape index (κ3) is 2.74. The molecule has 2 atom stereocenters. The second-order valence-corrected chi connectivity index (χ2v) is 9.98. The molecule has 2 unspecified atom stereocenters. The third-order valence-electron chi connectivity index (χ3n) is 7.94. The smallest absolute Gasteiger partial charge is 0.254 e. The maximum atomic E-state index is 15.1. The Morgan fingerprint density at radius 3 is 2.64 bits per heavy atom. The molecular formula is C29H23FN4O2. The Morgan fingerprint density at radius 1 is 1.14 bits per heavy atom. The zero-order valence-corrected chi connectivity index (χ0v) is 19.7. The summed E-state index contributed by atoms with van der Waals surface area (Å²) < 4.78 is 22.5. The average Bonchev–Trinajstić information content (AvgIpc) is 3.39. The average molecular weight is 479 g/mol. The number of ether oxygens (including phenoxy) is 1. The van der Waals surface area contributed by atoms with Gasteiger partial charge in [0.1, 0.15) is 11.6 Å². The molecule has 3 aliphatic rings. The molecule has 7 rings (SSSR count). The van der Waals surface area contributed by atoms with Crippen molar-refractivity contribution in [3.8, 4) is 23.5 Å². The molecule has 0 radical (unpaired) electrons. The van der Waals surface area contributed by atoms with Crippen LogP contribution in [0.25, 0.3) is 22.2 Å². The van der Waals surface area contributed by atoms with Gasteiger partial charge in [-0.05, 0) is 41.5 Å². The number of benzene rings is 3. The summed E-state index contributed by atoms with van der Waals surface area (Å²) in [5, 5.41) is 0. The van der Waals surface area contributed by atoms with E-state index in [-0.39, 0.29) is 23.8 Å². The first-order valence-electron chi connectivity index (χ1n) is 12.0. The molecule has 6 nitrogen and oxygen atoms in total. The Bertz CT molecular complexity index is 1650. The van der Waals surface area contributed by atoms with Crippen molar-refractivity contribution in [2.45, 2.75) is 24.0 Å². The summed E-state index contributed by atoms with van der Waals surface area (Å²) >= 11 is 0. The van der Waals surface area contributed by atoms with E-state index in [4.69, 9.17) is 21.9 Å². The molecule has 0 aliphatic carbocycles. The number of hydrogen-bond donors (Lipinski definition) is 1. The van der Waals surface area contributed by atoms with Crippen LogP contribution in [0.4, 0.5) is 4.39 Å². The van der Waals surface area contributed by atoms with Crippen LogP contribution < -0.4 is 5.73 Å². The minimum absolute atomic E-state index is 0.0429. The molecule has 1 aromatic heterocycles. The summed E-state index contributed by atoms with van der Waals surface area (Å²) in [7, 11) is 1.82. The van der Waals surface area contributed by atoms with E-state index < -0.39 is 5.54 Å². The number of hydrogen-bond acceptors (Lipinski definition) is 4. The first kappa shape index (κ1) is 21.3. The summed E-state index contributed by atoms with van der Waals surface area (Å²) in [6.07, 6.45) is 6.57. The van der Waals surface area contributed by atoms with E-state index in [0.717, 1.165) is 39.1 Å². The highest BCUT2D eigenvalue weighted by molar-refractivity contribution is 5.98. The SMILES string of the molecule is C#Cc1cccc2c1C1CC(c3nc4ccc(-c5ccc(C6(N)COC6)c(F)c5)cc4n31)N(C)C2=O. The van der Waals surface area contributed by atoms with Crippen molar-refractivity contribution in [3.63, 3.8) is 0 Å². The van der Waals surface area contributed by atoms with Crippen LogP contribution in [0.2, 0.25) is 0 Å². The molecule has 36 heavy (non-hydrogen) atoms. The highest BCUT2D eigenvalue weighted by atomic mass is 19.1. The van der Waals surface area contributed by atoms with E-state index in [1.54, 1.807) is 11.0 Å². The highest BCUT2D eigenvalue weighted by Crippen LogP contribution is 2.48. The summed E-state index contributed by atoms with van der Waals surface area (Å²) in [6, 6.07) is 16.4. The Hall–Kier alpha value is -3.99. The second kappa shape index (κ2) is 7.26. The van der Waals surface area contributed by atoms with Gasteiger partial charge in [-0.3, -0.25) is 4.79 Å². The molecule has 4 aromatic rings.